The van der Waals surface area contributed by atoms with Crippen molar-refractivity contribution < 1.29 is 23.8 Å². The summed E-state index contributed by atoms with van der Waals surface area (Å²) in [4.78, 5) is 43.3. The minimum Gasteiger partial charge on any atom is -0.493 e. The normalized spacial score (nSPS) is 14.1. The number of rotatable bonds is 12. The van der Waals surface area contributed by atoms with Gasteiger partial charge in [0.15, 0.2) is 11.5 Å². The predicted octanol–water partition coefficient (Wildman–Crippen LogP) is 4.69. The maximum absolute atomic E-state index is 13.6. The summed E-state index contributed by atoms with van der Waals surface area (Å²) >= 11 is 0. The number of hydrogen-bond donors (Lipinski definition) is 3. The molecule has 4 aromatic rings. The Morgan fingerprint density at radius 2 is 1.79 bits per heavy atom. The lowest BCUT2D eigenvalue weighted by Gasteiger charge is -2.19. The second-order valence-corrected chi connectivity index (χ2v) is 11.4. The van der Waals surface area contributed by atoms with Gasteiger partial charge in [-0.15, -0.1) is 0 Å². The van der Waals surface area contributed by atoms with Gasteiger partial charge in [0.05, 0.1) is 33.1 Å². The van der Waals surface area contributed by atoms with Crippen LogP contribution in [0.3, 0.4) is 0 Å². The molecular weight excluding hydrogens is 598 g/mol. The number of carbonyl (C=O) groups is 2. The summed E-state index contributed by atoms with van der Waals surface area (Å²) in [7, 11) is 6.58. The van der Waals surface area contributed by atoms with Crippen molar-refractivity contribution in [2.75, 3.05) is 33.2 Å². The van der Waals surface area contributed by atoms with Crippen LogP contribution in [-0.4, -0.2) is 49.2 Å². The Labute approximate surface area is 274 Å². The molecule has 11 nitrogen and oxygen atoms in total. The molecule has 0 aliphatic heterocycles. The van der Waals surface area contributed by atoms with Gasteiger partial charge in [0.25, 0.3) is 0 Å². The monoisotopic (exact) mass is 639 g/mol. The highest BCUT2D eigenvalue weighted by Gasteiger charge is 2.29. The zero-order valence-corrected chi connectivity index (χ0v) is 27.4. The number of fused-ring (bicyclic) bond motifs is 3. The third-order valence-electron chi connectivity index (χ3n) is 8.37. The van der Waals surface area contributed by atoms with E-state index in [-0.39, 0.29) is 29.7 Å². The van der Waals surface area contributed by atoms with Crippen molar-refractivity contribution >= 4 is 17.5 Å². The van der Waals surface area contributed by atoms with E-state index in [1.165, 1.54) is 6.92 Å². The number of hydrogen-bond acceptors (Lipinski definition) is 8. The van der Waals surface area contributed by atoms with Gasteiger partial charge in [-0.3, -0.25) is 14.4 Å². The lowest BCUT2D eigenvalue weighted by Crippen LogP contribution is -2.31. The second-order valence-electron chi connectivity index (χ2n) is 11.4. The Bertz CT molecular complexity index is 1810. The largest absolute Gasteiger partial charge is 0.493 e. The molecule has 3 aromatic carbocycles. The highest BCUT2D eigenvalue weighted by atomic mass is 16.5. The van der Waals surface area contributed by atoms with Gasteiger partial charge in [0.1, 0.15) is 11.9 Å². The van der Waals surface area contributed by atoms with Crippen molar-refractivity contribution in [3.63, 3.8) is 0 Å². The summed E-state index contributed by atoms with van der Waals surface area (Å²) in [5.74, 6) is 1.89. The smallest absolute Gasteiger partial charge is 0.220 e. The van der Waals surface area contributed by atoms with E-state index in [0.29, 0.717) is 54.3 Å². The quantitative estimate of drug-likeness (QED) is 0.190. The fourth-order valence-electron chi connectivity index (χ4n) is 6.16. The molecule has 2 amide bonds. The number of nitrogens with zero attached hydrogens (tertiary/aromatic N) is 2. The molecule has 3 N–H and O–H groups in total. The van der Waals surface area contributed by atoms with Gasteiger partial charge in [-0.05, 0) is 59.7 Å². The molecule has 0 bridgehead atoms. The topological polar surface area (TPSA) is 133 Å². The van der Waals surface area contributed by atoms with Gasteiger partial charge in [-0.2, -0.15) is 0 Å². The number of anilines is 1. The number of amides is 2. The van der Waals surface area contributed by atoms with Crippen LogP contribution >= 0.6 is 0 Å². The number of nitrogens with one attached hydrogen (secondary N) is 3. The van der Waals surface area contributed by atoms with Crippen molar-refractivity contribution in [1.29, 1.82) is 0 Å². The van der Waals surface area contributed by atoms with Crippen LogP contribution in [-0.2, 0) is 23.1 Å². The molecule has 246 valence electrons. The summed E-state index contributed by atoms with van der Waals surface area (Å²) in [6, 6.07) is 16.0. The minimum atomic E-state index is -0.399. The second kappa shape index (κ2) is 14.8. The first kappa shape index (κ1) is 33.1. The van der Waals surface area contributed by atoms with Gasteiger partial charge in [-0.1, -0.05) is 36.4 Å². The van der Waals surface area contributed by atoms with Crippen molar-refractivity contribution in [3.8, 4) is 28.4 Å². The Morgan fingerprint density at radius 1 is 1.02 bits per heavy atom. The molecule has 1 heterocycles. The van der Waals surface area contributed by atoms with E-state index in [1.54, 1.807) is 39.7 Å². The molecule has 0 spiro atoms. The molecule has 0 saturated carbocycles. The van der Waals surface area contributed by atoms with Crippen LogP contribution in [0.15, 0.2) is 71.8 Å². The molecule has 0 fully saturated rings. The standard InChI is InChI=1S/C36H41N5O6/c1-22(42)39-27-15-13-24-20-30(45-3)34(46-4)35(47-5)32(24)25-14-16-28(29(43)21-26(25)27)37-17-9-12-31(44)40-33(23-10-7-6-8-11-23)36-38-18-19-41(36)2/h6-8,10-11,14,16,18-21,27,33H,9,12-13,15,17H2,1-5H3,(H,37,43)(H,39,42)(H,40,44)/t27-,33?/m1/s1. The Hall–Kier alpha value is -5.32. The van der Waals surface area contributed by atoms with Crippen LogP contribution in [0.1, 0.15) is 60.8 Å². The molecule has 47 heavy (non-hydrogen) atoms. The van der Waals surface area contributed by atoms with Gasteiger partial charge in [0, 0.05) is 44.9 Å². The molecule has 1 aromatic heterocycles. The number of imidazole rings is 1. The van der Waals surface area contributed by atoms with Gasteiger partial charge >= 0.3 is 0 Å². The number of carbonyl (C=O) groups excluding carboxylic acids is 2. The maximum atomic E-state index is 13.6. The fraction of sp³-hybridized carbons (Fsp3) is 0.333. The highest BCUT2D eigenvalue weighted by molar-refractivity contribution is 5.84. The SMILES string of the molecule is COc1cc2c(c(OC)c1OC)-c1ccc(NCCCC(=O)NC(c3ccccc3)c3nccn3C)c(=O)cc1[C@H](NC(C)=O)CC2. The molecule has 1 unspecified atom stereocenters. The molecule has 2 atom stereocenters. The molecule has 5 rings (SSSR count). The highest BCUT2D eigenvalue weighted by Crippen LogP contribution is 2.50. The molecule has 0 radical (unpaired) electrons. The Morgan fingerprint density at radius 3 is 2.45 bits per heavy atom. The molecule has 11 heteroatoms. The number of ether oxygens (including phenoxy) is 3. The van der Waals surface area contributed by atoms with Crippen LogP contribution in [0.4, 0.5) is 5.69 Å². The number of aryl methyl sites for hydroxylation is 2. The van der Waals surface area contributed by atoms with Gasteiger partial charge in [-0.25, -0.2) is 4.98 Å². The van der Waals surface area contributed by atoms with E-state index in [0.717, 1.165) is 28.1 Å². The molecular formula is C36H41N5O6. The van der Waals surface area contributed by atoms with Gasteiger partial charge < -0.3 is 34.7 Å². The zero-order chi connectivity index (χ0) is 33.5. The third-order valence-corrected chi connectivity index (χ3v) is 8.37. The lowest BCUT2D eigenvalue weighted by atomic mass is 9.95. The van der Waals surface area contributed by atoms with Crippen LogP contribution in [0.5, 0.6) is 17.2 Å². The number of aromatic nitrogens is 2. The predicted molar refractivity (Wildman–Crippen MR) is 180 cm³/mol. The third kappa shape index (κ3) is 7.24. The average Bonchev–Trinajstić information content (AvgIpc) is 3.36. The molecule has 1 aliphatic carbocycles. The first-order valence-electron chi connectivity index (χ1n) is 15.6. The molecule has 1 aliphatic rings. The zero-order valence-electron chi connectivity index (χ0n) is 27.4. The maximum Gasteiger partial charge on any atom is 0.220 e. The number of methoxy groups -OCH3 is 3. The van der Waals surface area contributed by atoms with E-state index in [1.807, 2.05) is 60.3 Å². The van der Waals surface area contributed by atoms with E-state index in [9.17, 15) is 14.4 Å². The van der Waals surface area contributed by atoms with Crippen LogP contribution in [0, 0.1) is 0 Å². The van der Waals surface area contributed by atoms with Crippen molar-refractivity contribution in [1.82, 2.24) is 20.2 Å². The minimum absolute atomic E-state index is 0.123. The average molecular weight is 640 g/mol. The first-order chi connectivity index (χ1) is 22.7. The van der Waals surface area contributed by atoms with E-state index in [2.05, 4.69) is 20.9 Å². The van der Waals surface area contributed by atoms with E-state index >= 15 is 0 Å². The summed E-state index contributed by atoms with van der Waals surface area (Å²) in [5.41, 5.74) is 4.26. The van der Waals surface area contributed by atoms with E-state index < -0.39 is 6.04 Å². The van der Waals surface area contributed by atoms with Crippen molar-refractivity contribution in [3.05, 3.63) is 99.7 Å². The fourth-order valence-corrected chi connectivity index (χ4v) is 6.16. The Kier molecular flexibility index (Phi) is 10.4. The van der Waals surface area contributed by atoms with Crippen LogP contribution in [0.25, 0.3) is 11.1 Å². The van der Waals surface area contributed by atoms with Crippen molar-refractivity contribution in [2.45, 2.75) is 44.7 Å². The van der Waals surface area contributed by atoms with Crippen LogP contribution < -0.4 is 35.6 Å². The van der Waals surface area contributed by atoms with Crippen LogP contribution in [0.2, 0.25) is 0 Å². The summed E-state index contributed by atoms with van der Waals surface area (Å²) < 4.78 is 19.0. The van der Waals surface area contributed by atoms with Gasteiger partial charge in [0.2, 0.25) is 23.0 Å². The van der Waals surface area contributed by atoms with E-state index in [4.69, 9.17) is 14.2 Å². The summed E-state index contributed by atoms with van der Waals surface area (Å²) in [6.07, 6.45) is 5.49. The lowest BCUT2D eigenvalue weighted by molar-refractivity contribution is -0.122. The van der Waals surface area contributed by atoms with Crippen molar-refractivity contribution in [2.24, 2.45) is 7.05 Å². The Balaban J connectivity index is 1.37. The summed E-state index contributed by atoms with van der Waals surface area (Å²) in [5, 5.41) is 9.36. The first-order valence-corrected chi connectivity index (χ1v) is 15.6. The summed E-state index contributed by atoms with van der Waals surface area (Å²) in [6.45, 7) is 1.86. The number of benzene rings is 2. The molecule has 0 saturated heterocycles.